The highest BCUT2D eigenvalue weighted by atomic mass is 127. The summed E-state index contributed by atoms with van der Waals surface area (Å²) in [6.45, 7) is -0.728. The van der Waals surface area contributed by atoms with Gasteiger partial charge in [0.15, 0.2) is 5.96 Å². The zero-order chi connectivity index (χ0) is 18.0. The van der Waals surface area contributed by atoms with Crippen LogP contribution in [0.25, 0.3) is 0 Å². The molecule has 5 nitrogen and oxygen atoms in total. The number of hydrogen-bond donors (Lipinski definition) is 2. The summed E-state index contributed by atoms with van der Waals surface area (Å²) in [7, 11) is 2.70. The van der Waals surface area contributed by atoms with Crippen LogP contribution in [-0.2, 0) is 4.79 Å². The van der Waals surface area contributed by atoms with Crippen LogP contribution in [0.2, 0.25) is 0 Å². The summed E-state index contributed by atoms with van der Waals surface area (Å²) in [6.07, 6.45) is 4.46. The van der Waals surface area contributed by atoms with Gasteiger partial charge in [-0.2, -0.15) is 13.2 Å². The van der Waals surface area contributed by atoms with E-state index in [0.29, 0.717) is 10.9 Å². The monoisotopic (exact) mass is 478 g/mol. The van der Waals surface area contributed by atoms with Gasteiger partial charge in [0, 0.05) is 20.6 Å². The van der Waals surface area contributed by atoms with E-state index in [0.717, 1.165) is 32.4 Å². The number of aliphatic imine (C=N–C) groups is 1. The zero-order valence-electron chi connectivity index (χ0n) is 15.0. The van der Waals surface area contributed by atoms with Gasteiger partial charge in [-0.25, -0.2) is 0 Å². The number of carbonyl (C=O) groups excluding carboxylic acids is 1. The van der Waals surface area contributed by atoms with Gasteiger partial charge in [-0.15, -0.1) is 24.0 Å². The number of amides is 1. The fourth-order valence-corrected chi connectivity index (χ4v) is 2.94. The van der Waals surface area contributed by atoms with E-state index in [-0.39, 0.29) is 30.5 Å². The summed E-state index contributed by atoms with van der Waals surface area (Å²) < 4.78 is 36.7. The maximum Gasteiger partial charge on any atom is 0.406 e. The lowest BCUT2D eigenvalue weighted by molar-refractivity contribution is -0.157. The van der Waals surface area contributed by atoms with E-state index in [1.54, 1.807) is 7.05 Å². The second-order valence-electron chi connectivity index (χ2n) is 6.36. The first-order valence-corrected chi connectivity index (χ1v) is 8.57. The Balaban J connectivity index is 0.00000576. The molecule has 1 saturated carbocycles. The van der Waals surface area contributed by atoms with Crippen LogP contribution in [0.3, 0.4) is 0 Å². The summed E-state index contributed by atoms with van der Waals surface area (Å²) in [4.78, 5) is 16.3. The van der Waals surface area contributed by atoms with Gasteiger partial charge in [0.05, 0.1) is 6.54 Å². The topological polar surface area (TPSA) is 56.7 Å². The molecule has 0 saturated heterocycles. The first kappa shape index (κ1) is 24.3. The number of likely N-dealkylation sites (N-methyl/N-ethyl adjacent to an activating group) is 1. The normalized spacial score (nSPS) is 15.6. The summed E-state index contributed by atoms with van der Waals surface area (Å²) in [5.41, 5.74) is 0. The Labute approximate surface area is 165 Å². The number of halogens is 4. The van der Waals surface area contributed by atoms with E-state index in [1.807, 2.05) is 0 Å². The van der Waals surface area contributed by atoms with Crippen LogP contribution in [0.5, 0.6) is 0 Å². The number of unbranched alkanes of at least 4 members (excludes halogenated alkanes) is 1. The molecule has 1 rings (SSSR count). The van der Waals surface area contributed by atoms with Gasteiger partial charge in [-0.05, 0) is 12.3 Å². The van der Waals surface area contributed by atoms with E-state index >= 15 is 0 Å². The lowest BCUT2D eigenvalue weighted by atomic mass is 10.0. The van der Waals surface area contributed by atoms with Gasteiger partial charge < -0.3 is 15.5 Å². The first-order valence-electron chi connectivity index (χ1n) is 8.57. The number of nitrogens with one attached hydrogen (secondary N) is 2. The third-order valence-electron chi connectivity index (χ3n) is 4.28. The minimum atomic E-state index is -4.39. The third-order valence-corrected chi connectivity index (χ3v) is 4.28. The Morgan fingerprint density at radius 1 is 1.20 bits per heavy atom. The quantitative estimate of drug-likeness (QED) is 0.244. The lowest BCUT2D eigenvalue weighted by Crippen LogP contribution is -2.45. The van der Waals surface area contributed by atoms with Gasteiger partial charge in [0.1, 0.15) is 6.54 Å². The number of nitrogens with zero attached hydrogens (tertiary/aromatic N) is 2. The van der Waals surface area contributed by atoms with Gasteiger partial charge in [-0.3, -0.25) is 9.79 Å². The highest BCUT2D eigenvalue weighted by molar-refractivity contribution is 14.0. The predicted octanol–water partition coefficient (Wildman–Crippen LogP) is 3.15. The Bertz CT molecular complexity index is 413. The molecule has 0 aromatic rings. The second kappa shape index (κ2) is 12.6. The molecule has 0 aromatic heterocycles. The van der Waals surface area contributed by atoms with Crippen molar-refractivity contribution in [1.82, 2.24) is 15.5 Å². The molecule has 9 heteroatoms. The molecule has 1 amide bonds. The highest BCUT2D eigenvalue weighted by Gasteiger charge is 2.31. The molecule has 0 unspecified atom stereocenters. The molecule has 0 aromatic carbocycles. The van der Waals surface area contributed by atoms with Crippen molar-refractivity contribution >= 4 is 35.8 Å². The fourth-order valence-electron chi connectivity index (χ4n) is 2.94. The zero-order valence-corrected chi connectivity index (χ0v) is 17.3. The van der Waals surface area contributed by atoms with E-state index in [1.165, 1.54) is 32.1 Å². The van der Waals surface area contributed by atoms with E-state index < -0.39 is 18.6 Å². The molecule has 25 heavy (non-hydrogen) atoms. The van der Waals surface area contributed by atoms with E-state index in [4.69, 9.17) is 0 Å². The van der Waals surface area contributed by atoms with Crippen LogP contribution in [-0.4, -0.2) is 56.7 Å². The Hall–Kier alpha value is -0.740. The smallest absolute Gasteiger partial charge is 0.356 e. The van der Waals surface area contributed by atoms with Gasteiger partial charge >= 0.3 is 6.18 Å². The number of rotatable bonds is 8. The van der Waals surface area contributed by atoms with E-state index in [9.17, 15) is 18.0 Å². The molecular formula is C16H30F3IN4O. The molecule has 0 aliphatic heterocycles. The molecule has 1 aliphatic rings. The predicted molar refractivity (Wildman–Crippen MR) is 104 cm³/mol. The van der Waals surface area contributed by atoms with Crippen LogP contribution in [0.15, 0.2) is 4.99 Å². The molecule has 0 bridgehead atoms. The maximum atomic E-state index is 12.2. The fraction of sp³-hybridized carbons (Fsp3) is 0.875. The van der Waals surface area contributed by atoms with Crippen LogP contribution >= 0.6 is 24.0 Å². The molecule has 0 heterocycles. The molecular weight excluding hydrogens is 448 g/mol. The third kappa shape index (κ3) is 11.5. The average Bonchev–Trinajstić information content (AvgIpc) is 3.01. The van der Waals surface area contributed by atoms with Gasteiger partial charge in [0.2, 0.25) is 5.91 Å². The summed E-state index contributed by atoms with van der Waals surface area (Å²) in [5.74, 6) is 0.686. The van der Waals surface area contributed by atoms with Gasteiger partial charge in [-0.1, -0.05) is 38.5 Å². The molecule has 0 spiro atoms. The summed E-state index contributed by atoms with van der Waals surface area (Å²) >= 11 is 0. The molecule has 1 aliphatic carbocycles. The first-order chi connectivity index (χ1) is 11.3. The van der Waals surface area contributed by atoms with Crippen LogP contribution in [0, 0.1) is 5.92 Å². The molecule has 148 valence electrons. The van der Waals surface area contributed by atoms with E-state index in [2.05, 4.69) is 15.6 Å². The minimum absolute atomic E-state index is 0. The van der Waals surface area contributed by atoms with Crippen LogP contribution in [0.4, 0.5) is 13.2 Å². The molecule has 1 fully saturated rings. The minimum Gasteiger partial charge on any atom is -0.356 e. The van der Waals surface area contributed by atoms with Crippen molar-refractivity contribution in [3.63, 3.8) is 0 Å². The second-order valence-corrected chi connectivity index (χ2v) is 6.36. The van der Waals surface area contributed by atoms with Crippen molar-refractivity contribution in [2.45, 2.75) is 51.1 Å². The van der Waals surface area contributed by atoms with Crippen molar-refractivity contribution in [1.29, 1.82) is 0 Å². The largest absolute Gasteiger partial charge is 0.406 e. The molecule has 2 N–H and O–H groups in total. The van der Waals surface area contributed by atoms with Crippen molar-refractivity contribution in [2.75, 3.05) is 33.7 Å². The highest BCUT2D eigenvalue weighted by Crippen LogP contribution is 2.28. The Morgan fingerprint density at radius 2 is 1.84 bits per heavy atom. The Morgan fingerprint density at radius 3 is 2.40 bits per heavy atom. The molecule has 0 radical (unpaired) electrons. The number of carbonyl (C=O) groups is 1. The standard InChI is InChI=1S/C16H29F3N4O.HI/c1-20-15(21-10-6-5-9-13-7-3-4-8-13)22-11-14(24)23(2)12-16(17,18)19;/h13H,3-12H2,1-2H3,(H2,20,21,22);1H. The number of alkyl halides is 3. The van der Waals surface area contributed by atoms with Crippen molar-refractivity contribution in [3.8, 4) is 0 Å². The number of guanidine groups is 1. The van der Waals surface area contributed by atoms with Crippen molar-refractivity contribution in [2.24, 2.45) is 10.9 Å². The van der Waals surface area contributed by atoms with Crippen molar-refractivity contribution < 1.29 is 18.0 Å². The SMILES string of the molecule is CN=C(NCCCCC1CCCC1)NCC(=O)N(C)CC(F)(F)F.I. The summed E-state index contributed by atoms with van der Waals surface area (Å²) in [5, 5.41) is 5.83. The summed E-state index contributed by atoms with van der Waals surface area (Å²) in [6, 6.07) is 0. The van der Waals surface area contributed by atoms with Crippen molar-refractivity contribution in [3.05, 3.63) is 0 Å². The number of hydrogen-bond acceptors (Lipinski definition) is 2. The van der Waals surface area contributed by atoms with Crippen LogP contribution in [0.1, 0.15) is 44.9 Å². The Kier molecular flexibility index (Phi) is 12.2. The lowest BCUT2D eigenvalue weighted by Gasteiger charge is -2.20. The van der Waals surface area contributed by atoms with Crippen LogP contribution < -0.4 is 10.6 Å². The maximum absolute atomic E-state index is 12.2. The molecule has 0 atom stereocenters. The average molecular weight is 478 g/mol. The van der Waals surface area contributed by atoms with Gasteiger partial charge in [0.25, 0.3) is 0 Å².